The predicted molar refractivity (Wildman–Crippen MR) is 181 cm³/mol. The molecule has 50 heavy (non-hydrogen) atoms. The van der Waals surface area contributed by atoms with Crippen molar-refractivity contribution in [2.75, 3.05) is 50.9 Å². The molecule has 4 heterocycles. The number of benzene rings is 2. The molecule has 2 aliphatic heterocycles. The second-order valence-electron chi connectivity index (χ2n) is 14.4. The van der Waals surface area contributed by atoms with Crippen LogP contribution in [0.25, 0.3) is 32.9 Å². The maximum atomic E-state index is 16.9. The Bertz CT molecular complexity index is 2010. The van der Waals surface area contributed by atoms with Gasteiger partial charge in [0, 0.05) is 66.7 Å². The summed E-state index contributed by atoms with van der Waals surface area (Å²) in [5.41, 5.74) is -0.380. The zero-order chi connectivity index (χ0) is 34.8. The van der Waals surface area contributed by atoms with E-state index in [0.29, 0.717) is 49.4 Å². The third-order valence-electron chi connectivity index (χ3n) is 11.6. The van der Waals surface area contributed by atoms with Gasteiger partial charge < -0.3 is 19.5 Å². The minimum atomic E-state index is -2.61. The van der Waals surface area contributed by atoms with E-state index >= 15 is 4.39 Å². The van der Waals surface area contributed by atoms with E-state index in [4.69, 9.17) is 20.9 Å². The van der Waals surface area contributed by atoms with E-state index in [2.05, 4.69) is 20.8 Å². The summed E-state index contributed by atoms with van der Waals surface area (Å²) < 4.78 is 72.4. The van der Waals surface area contributed by atoms with Crippen molar-refractivity contribution in [2.45, 2.75) is 57.4 Å². The number of alkyl halides is 2. The molecule has 0 spiro atoms. The van der Waals surface area contributed by atoms with E-state index in [1.807, 2.05) is 4.90 Å². The van der Waals surface area contributed by atoms with Crippen molar-refractivity contribution < 1.29 is 32.1 Å². The number of aromatic nitrogens is 3. The second kappa shape index (κ2) is 12.5. The molecule has 2 saturated carbocycles. The van der Waals surface area contributed by atoms with Crippen LogP contribution >= 0.6 is 0 Å². The van der Waals surface area contributed by atoms with E-state index in [0.717, 1.165) is 45.1 Å². The molecule has 2 aromatic carbocycles. The summed E-state index contributed by atoms with van der Waals surface area (Å²) >= 11 is 0. The number of aromatic hydroxyl groups is 1. The SMILES string of the molecule is C#Cc1c(F)ccc2cc(O)cc(-c3ncc4c(N5CCCOCC5)nc(OCC56CCCC5N(CC5[C@@H](C)C5(F)F)CCC6)nc4c3F)c12. The van der Waals surface area contributed by atoms with Gasteiger partial charge >= 0.3 is 6.01 Å². The summed E-state index contributed by atoms with van der Waals surface area (Å²) in [5.74, 6) is -2.60. The van der Waals surface area contributed by atoms with Gasteiger partial charge in [0.1, 0.15) is 28.6 Å². The van der Waals surface area contributed by atoms with Crippen molar-refractivity contribution in [2.24, 2.45) is 17.3 Å². The minimum Gasteiger partial charge on any atom is -0.508 e. The number of pyridine rings is 1. The average Bonchev–Trinajstić information content (AvgIpc) is 3.44. The number of ether oxygens (including phenoxy) is 2. The molecule has 12 heteroatoms. The topological polar surface area (TPSA) is 83.8 Å². The number of phenols is 1. The summed E-state index contributed by atoms with van der Waals surface area (Å²) in [6.07, 6.45) is 12.5. The molecule has 8 rings (SSSR count). The van der Waals surface area contributed by atoms with Crippen molar-refractivity contribution in [1.29, 1.82) is 0 Å². The summed E-state index contributed by atoms with van der Waals surface area (Å²) in [4.78, 5) is 18.2. The van der Waals surface area contributed by atoms with Crippen LogP contribution in [0.15, 0.2) is 30.5 Å². The second-order valence-corrected chi connectivity index (χ2v) is 14.4. The van der Waals surface area contributed by atoms with Crippen molar-refractivity contribution >= 4 is 27.5 Å². The summed E-state index contributed by atoms with van der Waals surface area (Å²) in [7, 11) is 0. The van der Waals surface area contributed by atoms with Crippen molar-refractivity contribution in [3.05, 3.63) is 47.7 Å². The Hall–Kier alpha value is -4.21. The lowest BCUT2D eigenvalue weighted by Crippen LogP contribution is -2.52. The van der Waals surface area contributed by atoms with Crippen molar-refractivity contribution in [1.82, 2.24) is 19.9 Å². The summed E-state index contributed by atoms with van der Waals surface area (Å²) in [6.45, 7) is 5.25. The van der Waals surface area contributed by atoms with E-state index in [-0.39, 0.29) is 57.5 Å². The Morgan fingerprint density at radius 3 is 2.70 bits per heavy atom. The number of fused-ring (bicyclic) bond motifs is 3. The standard InChI is InChI=1S/C38H39F4N5O3/c1-3-25-29(39)9-8-23-17-24(48)18-26(31(23)25)33-32(40)34-27(19-43-33)35(46-13-6-15-49-16-14-46)45-36(44-34)50-21-37-10-4-7-30(37)47(12-5-11-37)20-28-22(2)38(28,41)42/h1,8-9,17-19,22,28,30,48H,4-7,10-16,20-21H2,2H3/t22-,28?,30?,37?/m1/s1. The third kappa shape index (κ3) is 5.50. The van der Waals surface area contributed by atoms with Crippen LogP contribution in [0.5, 0.6) is 11.8 Å². The molecular formula is C38H39F4N5O3. The number of likely N-dealkylation sites (tertiary alicyclic amines) is 1. The van der Waals surface area contributed by atoms with Crippen LogP contribution in [0.3, 0.4) is 0 Å². The molecule has 2 aromatic heterocycles. The summed E-state index contributed by atoms with van der Waals surface area (Å²) in [6, 6.07) is 5.55. The number of piperidine rings is 1. The molecule has 4 atom stereocenters. The van der Waals surface area contributed by atoms with Crippen LogP contribution in [-0.2, 0) is 4.74 Å². The molecule has 2 aliphatic carbocycles. The van der Waals surface area contributed by atoms with E-state index in [9.17, 15) is 18.3 Å². The largest absolute Gasteiger partial charge is 0.508 e. The quantitative estimate of drug-likeness (QED) is 0.165. The molecule has 0 bridgehead atoms. The number of hydrogen-bond donors (Lipinski definition) is 1. The zero-order valence-electron chi connectivity index (χ0n) is 27.9. The van der Waals surface area contributed by atoms with E-state index in [1.54, 1.807) is 6.92 Å². The van der Waals surface area contributed by atoms with Crippen LogP contribution in [-0.4, -0.2) is 82.9 Å². The first-order valence-corrected chi connectivity index (χ1v) is 17.5. The number of anilines is 1. The fourth-order valence-corrected chi connectivity index (χ4v) is 8.76. The molecule has 8 nitrogen and oxygen atoms in total. The molecular weight excluding hydrogens is 650 g/mol. The number of nitrogens with zero attached hydrogens (tertiary/aromatic N) is 5. The van der Waals surface area contributed by atoms with Gasteiger partial charge in [-0.2, -0.15) is 9.97 Å². The van der Waals surface area contributed by atoms with Crippen LogP contribution in [0.2, 0.25) is 0 Å². The normalized spacial score (nSPS) is 26.5. The monoisotopic (exact) mass is 689 g/mol. The fraction of sp³-hybridized carbons (Fsp3) is 0.500. The molecule has 4 aromatic rings. The van der Waals surface area contributed by atoms with Crippen LogP contribution in [0.1, 0.15) is 51.0 Å². The Morgan fingerprint density at radius 1 is 1.08 bits per heavy atom. The van der Waals surface area contributed by atoms with Gasteiger partial charge in [-0.15, -0.1) is 6.42 Å². The van der Waals surface area contributed by atoms with Gasteiger partial charge in [-0.25, -0.2) is 17.6 Å². The Morgan fingerprint density at radius 2 is 1.90 bits per heavy atom. The van der Waals surface area contributed by atoms with Gasteiger partial charge in [0.05, 0.1) is 24.2 Å². The number of halogens is 4. The van der Waals surface area contributed by atoms with Crippen molar-refractivity contribution in [3.63, 3.8) is 0 Å². The third-order valence-corrected chi connectivity index (χ3v) is 11.6. The first-order valence-electron chi connectivity index (χ1n) is 17.5. The van der Waals surface area contributed by atoms with E-state index < -0.39 is 29.4 Å². The smallest absolute Gasteiger partial charge is 0.319 e. The Labute approximate surface area is 287 Å². The van der Waals surface area contributed by atoms with Crippen molar-refractivity contribution in [3.8, 4) is 35.4 Å². The zero-order valence-corrected chi connectivity index (χ0v) is 27.9. The van der Waals surface area contributed by atoms with Crippen LogP contribution in [0.4, 0.5) is 23.4 Å². The molecule has 262 valence electrons. The molecule has 1 N–H and O–H groups in total. The maximum absolute atomic E-state index is 16.9. The Balaban J connectivity index is 1.19. The lowest BCUT2D eigenvalue weighted by atomic mass is 9.75. The van der Waals surface area contributed by atoms with Gasteiger partial charge in [0.25, 0.3) is 5.92 Å². The number of hydrogen-bond acceptors (Lipinski definition) is 8. The highest BCUT2D eigenvalue weighted by Gasteiger charge is 2.66. The van der Waals surface area contributed by atoms with Crippen LogP contribution in [0, 0.1) is 41.2 Å². The number of terminal acetylenes is 1. The lowest BCUT2D eigenvalue weighted by Gasteiger charge is -2.46. The molecule has 0 amide bonds. The number of phenolic OH excluding ortho intramolecular Hbond substituents is 1. The Kier molecular flexibility index (Phi) is 8.26. The molecule has 2 saturated heterocycles. The lowest BCUT2D eigenvalue weighted by molar-refractivity contribution is -0.0102. The summed E-state index contributed by atoms with van der Waals surface area (Å²) in [5, 5.41) is 11.6. The first kappa shape index (κ1) is 33.0. The molecule has 4 aliphatic rings. The number of rotatable bonds is 7. The van der Waals surface area contributed by atoms with Crippen LogP contribution < -0.4 is 9.64 Å². The minimum absolute atomic E-state index is 0.00402. The van der Waals surface area contributed by atoms with E-state index in [1.165, 1.54) is 30.5 Å². The molecule has 4 fully saturated rings. The predicted octanol–water partition coefficient (Wildman–Crippen LogP) is 6.95. The average molecular weight is 690 g/mol. The fourth-order valence-electron chi connectivity index (χ4n) is 8.76. The highest BCUT2D eigenvalue weighted by Crippen LogP contribution is 2.57. The first-order chi connectivity index (χ1) is 24.1. The van der Waals surface area contributed by atoms with Gasteiger partial charge in [0.15, 0.2) is 5.82 Å². The maximum Gasteiger partial charge on any atom is 0.319 e. The van der Waals surface area contributed by atoms with Gasteiger partial charge in [-0.3, -0.25) is 9.88 Å². The molecule has 3 unspecified atom stereocenters. The van der Waals surface area contributed by atoms with Gasteiger partial charge in [-0.05, 0) is 62.2 Å². The van der Waals surface area contributed by atoms with Gasteiger partial charge in [0.2, 0.25) is 0 Å². The highest BCUT2D eigenvalue weighted by molar-refractivity contribution is 6.03. The molecule has 0 radical (unpaired) electrons. The van der Waals surface area contributed by atoms with Gasteiger partial charge in [-0.1, -0.05) is 25.3 Å². The highest BCUT2D eigenvalue weighted by atomic mass is 19.3.